The topological polar surface area (TPSA) is 36.3 Å². The van der Waals surface area contributed by atoms with Crippen molar-refractivity contribution in [2.75, 3.05) is 22.9 Å². The van der Waals surface area contributed by atoms with Gasteiger partial charge >= 0.3 is 0 Å². The van der Waals surface area contributed by atoms with Crippen LogP contribution in [-0.4, -0.2) is 27.8 Å². The Balaban J connectivity index is 1.44. The zero-order chi connectivity index (χ0) is 28.8. The molecule has 2 aromatic carbocycles. The lowest BCUT2D eigenvalue weighted by atomic mass is 9.91. The van der Waals surface area contributed by atoms with Crippen LogP contribution in [0.3, 0.4) is 0 Å². The van der Waals surface area contributed by atoms with Gasteiger partial charge in [-0.2, -0.15) is 0 Å². The molecule has 2 aliphatic heterocycles. The number of halogens is 2. The number of anilines is 2. The number of nitrogens with one attached hydrogen (secondary N) is 1. The highest BCUT2D eigenvalue weighted by Gasteiger charge is 2.42. The summed E-state index contributed by atoms with van der Waals surface area (Å²) in [6, 6.07) is 23.0. The monoisotopic (exact) mass is 647 g/mol. The summed E-state index contributed by atoms with van der Waals surface area (Å²) in [5.74, 6) is 1.30. The van der Waals surface area contributed by atoms with Gasteiger partial charge in [0.25, 0.3) is 0 Å². The molecular weight excluding hydrogens is 614 g/mol. The minimum absolute atomic E-state index is 0.107. The van der Waals surface area contributed by atoms with Crippen LogP contribution in [0.15, 0.2) is 77.4 Å². The average molecular weight is 649 g/mol. The first-order valence-electron chi connectivity index (χ1n) is 14.2. The third kappa shape index (κ3) is 5.40. The van der Waals surface area contributed by atoms with Crippen LogP contribution in [0.4, 0.5) is 11.4 Å². The lowest BCUT2D eigenvalue weighted by Gasteiger charge is -2.37. The maximum Gasteiger partial charge on any atom is 0.174 e. The number of hydrogen-bond donors (Lipinski definition) is 1. The SMILES string of the molecule is Cc1cc([C@@H]2[C@H](c3ccccn3)NC(=S)N2c2ccc(N3C[C@@H](C)C[C@H](C)C3)c(Cl)c2)c(C)n1-c1ccc(Br)cc1. The van der Waals surface area contributed by atoms with Crippen LogP contribution in [0, 0.1) is 25.7 Å². The summed E-state index contributed by atoms with van der Waals surface area (Å²) in [5.41, 5.74) is 7.69. The molecule has 0 bridgehead atoms. The highest BCUT2D eigenvalue weighted by atomic mass is 79.9. The number of hydrogen-bond acceptors (Lipinski definition) is 3. The first kappa shape index (κ1) is 28.3. The van der Waals surface area contributed by atoms with E-state index in [1.165, 1.54) is 23.4 Å². The van der Waals surface area contributed by atoms with Crippen molar-refractivity contribution in [3.63, 3.8) is 0 Å². The number of aryl methyl sites for hydroxylation is 1. The van der Waals surface area contributed by atoms with Gasteiger partial charge in [-0.1, -0.05) is 47.4 Å². The van der Waals surface area contributed by atoms with Crippen molar-refractivity contribution in [2.45, 2.75) is 46.2 Å². The molecule has 212 valence electrons. The Morgan fingerprint density at radius 3 is 2.32 bits per heavy atom. The molecule has 2 aromatic heterocycles. The molecule has 4 aromatic rings. The second kappa shape index (κ2) is 11.4. The van der Waals surface area contributed by atoms with Crippen molar-refractivity contribution in [3.05, 3.63) is 105 Å². The number of rotatable bonds is 5. The van der Waals surface area contributed by atoms with Crippen molar-refractivity contribution in [1.29, 1.82) is 0 Å². The van der Waals surface area contributed by atoms with E-state index in [0.717, 1.165) is 45.3 Å². The van der Waals surface area contributed by atoms with E-state index in [2.05, 4.69) is 118 Å². The molecule has 0 saturated carbocycles. The molecule has 4 heterocycles. The molecular formula is C33H35BrClN5S. The standard InChI is InChI=1S/C33H35BrClN5S/c1-20-15-21(2)19-38(18-20)30-13-12-26(17-28(30)35)40-32(31(37-33(40)41)29-7-5-6-14-36-29)27-16-22(3)39(23(27)4)25-10-8-24(34)9-11-25/h5-14,16-17,20-21,31-32H,15,18-19H2,1-4H3,(H,37,41)/t20-,21-,31-,32+/m0/s1. The van der Waals surface area contributed by atoms with Crippen LogP contribution in [0.25, 0.3) is 5.69 Å². The number of piperidine rings is 1. The van der Waals surface area contributed by atoms with E-state index in [1.807, 2.05) is 18.3 Å². The van der Waals surface area contributed by atoms with Crippen molar-refractivity contribution in [1.82, 2.24) is 14.9 Å². The largest absolute Gasteiger partial charge is 0.370 e. The fourth-order valence-corrected chi connectivity index (χ4v) is 7.69. The predicted octanol–water partition coefficient (Wildman–Crippen LogP) is 8.56. The van der Waals surface area contributed by atoms with Gasteiger partial charge in [0.05, 0.1) is 28.5 Å². The maximum absolute atomic E-state index is 7.03. The minimum Gasteiger partial charge on any atom is -0.370 e. The van der Waals surface area contributed by atoms with Crippen LogP contribution >= 0.6 is 39.7 Å². The molecule has 2 saturated heterocycles. The van der Waals surface area contributed by atoms with E-state index in [9.17, 15) is 0 Å². The molecule has 5 nitrogen and oxygen atoms in total. The minimum atomic E-state index is -0.121. The van der Waals surface area contributed by atoms with E-state index >= 15 is 0 Å². The van der Waals surface area contributed by atoms with Gasteiger partial charge in [0.1, 0.15) is 0 Å². The summed E-state index contributed by atoms with van der Waals surface area (Å²) in [5, 5.41) is 5.03. The van der Waals surface area contributed by atoms with E-state index in [4.69, 9.17) is 28.8 Å². The van der Waals surface area contributed by atoms with Gasteiger partial charge in [0.15, 0.2) is 5.11 Å². The van der Waals surface area contributed by atoms with E-state index in [1.54, 1.807) is 0 Å². The van der Waals surface area contributed by atoms with Crippen molar-refractivity contribution in [2.24, 2.45) is 11.8 Å². The van der Waals surface area contributed by atoms with Gasteiger partial charge in [-0.15, -0.1) is 0 Å². The molecule has 2 aliphatic rings. The van der Waals surface area contributed by atoms with Gasteiger partial charge in [-0.25, -0.2) is 0 Å². The van der Waals surface area contributed by atoms with E-state index in [0.29, 0.717) is 16.9 Å². The fraction of sp³-hybridized carbons (Fsp3) is 0.333. The Bertz CT molecular complexity index is 1560. The second-order valence-electron chi connectivity index (χ2n) is 11.6. The summed E-state index contributed by atoms with van der Waals surface area (Å²) >= 11 is 16.6. The Morgan fingerprint density at radius 1 is 0.951 bits per heavy atom. The Morgan fingerprint density at radius 2 is 1.66 bits per heavy atom. The quantitative estimate of drug-likeness (QED) is 0.220. The summed E-state index contributed by atoms with van der Waals surface area (Å²) < 4.78 is 3.37. The van der Waals surface area contributed by atoms with E-state index < -0.39 is 0 Å². The Labute approximate surface area is 261 Å². The summed E-state index contributed by atoms with van der Waals surface area (Å²) in [6.07, 6.45) is 3.10. The van der Waals surface area contributed by atoms with Gasteiger partial charge in [-0.05, 0) is 111 Å². The average Bonchev–Trinajstić information content (AvgIpc) is 3.44. The van der Waals surface area contributed by atoms with Crippen molar-refractivity contribution < 1.29 is 0 Å². The Kier molecular flexibility index (Phi) is 7.88. The molecule has 1 N–H and O–H groups in total. The second-order valence-corrected chi connectivity index (χ2v) is 13.3. The molecule has 6 rings (SSSR count). The van der Waals surface area contributed by atoms with Crippen LogP contribution in [0.2, 0.25) is 5.02 Å². The molecule has 41 heavy (non-hydrogen) atoms. The van der Waals surface area contributed by atoms with E-state index in [-0.39, 0.29) is 12.1 Å². The van der Waals surface area contributed by atoms with Gasteiger partial charge in [0.2, 0.25) is 0 Å². The smallest absolute Gasteiger partial charge is 0.174 e. The highest BCUT2D eigenvalue weighted by Crippen LogP contribution is 2.45. The highest BCUT2D eigenvalue weighted by molar-refractivity contribution is 9.10. The molecule has 4 atom stereocenters. The van der Waals surface area contributed by atoms with Crippen LogP contribution < -0.4 is 15.1 Å². The molecule has 0 spiro atoms. The van der Waals surface area contributed by atoms with Gasteiger partial charge in [0, 0.05) is 46.5 Å². The first-order chi connectivity index (χ1) is 19.7. The van der Waals surface area contributed by atoms with Crippen LogP contribution in [-0.2, 0) is 0 Å². The number of aromatic nitrogens is 2. The molecule has 0 amide bonds. The molecule has 2 fully saturated rings. The summed E-state index contributed by atoms with van der Waals surface area (Å²) in [7, 11) is 0. The zero-order valence-corrected chi connectivity index (χ0v) is 27.0. The third-order valence-corrected chi connectivity index (χ3v) is 9.54. The molecule has 0 aliphatic carbocycles. The van der Waals surface area contributed by atoms with Crippen LogP contribution in [0.5, 0.6) is 0 Å². The van der Waals surface area contributed by atoms with Crippen molar-refractivity contribution in [3.8, 4) is 5.69 Å². The van der Waals surface area contributed by atoms with Crippen LogP contribution in [0.1, 0.15) is 55.0 Å². The predicted molar refractivity (Wildman–Crippen MR) is 177 cm³/mol. The third-order valence-electron chi connectivity index (χ3n) is 8.39. The number of thiocarbonyl (C=S) groups is 1. The normalized spacial score (nSPS) is 22.7. The first-order valence-corrected chi connectivity index (χ1v) is 15.8. The zero-order valence-electron chi connectivity index (χ0n) is 23.8. The number of pyridine rings is 1. The van der Waals surface area contributed by atoms with Crippen molar-refractivity contribution >= 4 is 56.2 Å². The van der Waals surface area contributed by atoms with Gasteiger partial charge < -0.3 is 19.7 Å². The number of benzene rings is 2. The summed E-state index contributed by atoms with van der Waals surface area (Å²) in [6.45, 7) is 11.1. The van der Waals surface area contributed by atoms with Gasteiger partial charge in [-0.3, -0.25) is 4.98 Å². The maximum atomic E-state index is 7.03. The fourth-order valence-electron chi connectivity index (χ4n) is 6.79. The Hall–Kier alpha value is -2.87. The molecule has 0 unspecified atom stereocenters. The lowest BCUT2D eigenvalue weighted by Crippen LogP contribution is -2.38. The number of nitrogens with zero attached hydrogens (tertiary/aromatic N) is 4. The summed E-state index contributed by atoms with van der Waals surface area (Å²) in [4.78, 5) is 9.40. The molecule has 8 heteroatoms. The molecule has 0 radical (unpaired) electrons. The lowest BCUT2D eigenvalue weighted by molar-refractivity contribution is 0.357.